The molecule has 1 aromatic rings. The van der Waals surface area contributed by atoms with Crippen LogP contribution in [0.3, 0.4) is 0 Å². The van der Waals surface area contributed by atoms with E-state index in [0.29, 0.717) is 4.90 Å². The second-order valence-corrected chi connectivity index (χ2v) is 8.79. The molecule has 1 fully saturated rings. The zero-order valence-corrected chi connectivity index (χ0v) is 17.7. The molecule has 1 saturated heterocycles. The van der Waals surface area contributed by atoms with Crippen molar-refractivity contribution >= 4 is 57.1 Å². The third-order valence-corrected chi connectivity index (χ3v) is 6.54. The monoisotopic (exact) mass is 505 g/mol. The lowest BCUT2D eigenvalue weighted by Gasteiger charge is -2.48. The molecule has 3 rings (SSSR count). The van der Waals surface area contributed by atoms with E-state index in [1.54, 1.807) is 0 Å². The van der Waals surface area contributed by atoms with Gasteiger partial charge in [-0.25, -0.2) is 14.6 Å². The lowest BCUT2D eigenvalue weighted by atomic mass is 10.0. The Kier molecular flexibility index (Phi) is 6.94. The summed E-state index contributed by atoms with van der Waals surface area (Å²) in [5.41, 5.74) is 3.59. The van der Waals surface area contributed by atoms with Crippen molar-refractivity contribution in [1.29, 1.82) is 0 Å². The molecule has 2 aliphatic rings. The number of carboxylic acids is 2. The van der Waals surface area contributed by atoms with Crippen molar-refractivity contribution in [1.82, 2.24) is 15.2 Å². The highest BCUT2D eigenvalue weighted by Gasteiger charge is 2.61. The Morgan fingerprint density at radius 3 is 2.70 bits per heavy atom. The third-order valence-electron chi connectivity index (χ3n) is 4.25. The summed E-state index contributed by atoms with van der Waals surface area (Å²) in [4.78, 5) is 56.5. The van der Waals surface area contributed by atoms with E-state index >= 15 is 0 Å². The number of halogens is 2. The Morgan fingerprint density at radius 1 is 1.45 bits per heavy atom. The fourth-order valence-corrected chi connectivity index (χ4v) is 5.19. The first-order chi connectivity index (χ1) is 15.5. The summed E-state index contributed by atoms with van der Waals surface area (Å²) in [7, 11) is 0. The van der Waals surface area contributed by atoms with Gasteiger partial charge in [-0.1, -0.05) is 5.16 Å². The molecule has 3 atom stereocenters. The maximum Gasteiger partial charge on any atom is 0.353 e. The Bertz CT molecular complexity index is 1120. The van der Waals surface area contributed by atoms with Crippen LogP contribution >= 0.6 is 11.3 Å². The molecular weight excluding hydrogens is 492 g/mol. The van der Waals surface area contributed by atoms with Gasteiger partial charge in [0.25, 0.3) is 17.9 Å². The number of hydrogen-bond acceptors (Lipinski definition) is 10. The maximum absolute atomic E-state index is 12.7. The van der Waals surface area contributed by atoms with Crippen molar-refractivity contribution in [3.05, 3.63) is 34.5 Å². The molecule has 0 aliphatic carbocycles. The van der Waals surface area contributed by atoms with Crippen LogP contribution in [0.2, 0.25) is 0 Å². The van der Waals surface area contributed by atoms with Gasteiger partial charge in [0.2, 0.25) is 12.0 Å². The van der Waals surface area contributed by atoms with Crippen LogP contribution in [0.1, 0.15) is 5.69 Å². The number of amides is 2. The van der Waals surface area contributed by atoms with E-state index in [0.717, 1.165) is 11.3 Å². The van der Waals surface area contributed by atoms with Crippen molar-refractivity contribution < 1.29 is 47.6 Å². The van der Waals surface area contributed by atoms with Crippen LogP contribution in [0, 0.1) is 0 Å². The standard InChI is InChI=1S/C16H13F2N5O8S2/c17-7(18)1-5-4-33(30)14-10(13(27)23(14)11(5)15(28)29)21-12(26)9(22-31-2-8(24)25)6-3-32-16(19)20-6/h1,3,10,14H,2,4H2,(H2,19,20)(H,21,26)(H,24,25)(H,28,29)/b22-9-/t10?,14-,33?/m1/s1. The van der Waals surface area contributed by atoms with Gasteiger partial charge in [0.1, 0.15) is 17.1 Å². The zero-order valence-electron chi connectivity index (χ0n) is 16.1. The number of nitrogens with zero attached hydrogens (tertiary/aromatic N) is 3. The quantitative estimate of drug-likeness (QED) is 0.148. The number of allylic oxidation sites excluding steroid dienone is 1. The fraction of sp³-hybridized carbons (Fsp3) is 0.250. The van der Waals surface area contributed by atoms with Crippen LogP contribution in [0.25, 0.3) is 0 Å². The second-order valence-electron chi connectivity index (χ2n) is 6.37. The number of aliphatic carboxylic acids is 2. The molecule has 17 heteroatoms. The van der Waals surface area contributed by atoms with Gasteiger partial charge in [-0.15, -0.1) is 11.3 Å². The van der Waals surface area contributed by atoms with Crippen molar-refractivity contribution in [2.45, 2.75) is 11.4 Å². The van der Waals surface area contributed by atoms with Crippen molar-refractivity contribution in [2.75, 3.05) is 18.1 Å². The van der Waals surface area contributed by atoms with Gasteiger partial charge in [0.05, 0.1) is 0 Å². The smallest absolute Gasteiger partial charge is 0.353 e. The minimum Gasteiger partial charge on any atom is -0.614 e. The maximum atomic E-state index is 12.7. The highest BCUT2D eigenvalue weighted by molar-refractivity contribution is 7.92. The molecule has 0 radical (unpaired) electrons. The largest absolute Gasteiger partial charge is 0.614 e. The summed E-state index contributed by atoms with van der Waals surface area (Å²) in [6.07, 6.45) is -2.02. The Labute approximate surface area is 189 Å². The molecule has 1 aromatic heterocycles. The predicted octanol–water partition coefficient (Wildman–Crippen LogP) is -0.935. The Balaban J connectivity index is 1.86. The molecule has 13 nitrogen and oxygen atoms in total. The molecule has 0 aromatic carbocycles. The van der Waals surface area contributed by atoms with E-state index in [1.807, 2.05) is 0 Å². The molecule has 2 aliphatic heterocycles. The number of carbonyl (C=O) groups is 4. The van der Waals surface area contributed by atoms with Gasteiger partial charge >= 0.3 is 11.9 Å². The first-order valence-electron chi connectivity index (χ1n) is 8.64. The number of β-lactam (4-membered cyclic amide) rings is 1. The molecule has 5 N–H and O–H groups in total. The number of hydrogen-bond donors (Lipinski definition) is 4. The number of carbonyl (C=O) groups excluding carboxylic acids is 2. The molecule has 0 saturated carbocycles. The lowest BCUT2D eigenvalue weighted by molar-refractivity contribution is -0.150. The fourth-order valence-electron chi connectivity index (χ4n) is 3.01. The van der Waals surface area contributed by atoms with Crippen molar-refractivity contribution in [2.24, 2.45) is 5.16 Å². The number of aromatic nitrogens is 1. The summed E-state index contributed by atoms with van der Waals surface area (Å²) >= 11 is -1.11. The number of nitrogens with two attached hydrogens (primary N) is 1. The average molecular weight is 505 g/mol. The van der Waals surface area contributed by atoms with Crippen molar-refractivity contribution in [3.8, 4) is 0 Å². The number of anilines is 1. The van der Waals surface area contributed by atoms with E-state index in [1.165, 1.54) is 5.38 Å². The van der Waals surface area contributed by atoms with Gasteiger partial charge in [-0.2, -0.15) is 8.78 Å². The van der Waals surface area contributed by atoms with E-state index in [4.69, 9.17) is 10.8 Å². The van der Waals surface area contributed by atoms with Gasteiger partial charge in [0, 0.05) is 17.0 Å². The lowest BCUT2D eigenvalue weighted by Crippen LogP contribution is -2.75. The van der Waals surface area contributed by atoms with Gasteiger partial charge in [-0.3, -0.25) is 14.5 Å². The number of oxime groups is 1. The summed E-state index contributed by atoms with van der Waals surface area (Å²) in [5, 5.41) is 23.7. The SMILES string of the molecule is Nc1nc(/C(=N/OCC(=O)O)C(=O)NC2C(=O)N3C(C(=O)O)=C(C=C(F)F)C[S+]([O-])[C@H]23)cs1. The Hall–Kier alpha value is -3.57. The number of nitrogen functional groups attached to an aromatic ring is 1. The highest BCUT2D eigenvalue weighted by Crippen LogP contribution is 2.37. The normalized spacial score (nSPS) is 22.3. The summed E-state index contributed by atoms with van der Waals surface area (Å²) < 4.78 is 37.9. The van der Waals surface area contributed by atoms with E-state index in [2.05, 4.69) is 20.3 Å². The van der Waals surface area contributed by atoms with Gasteiger partial charge < -0.3 is 30.7 Å². The van der Waals surface area contributed by atoms with E-state index in [-0.39, 0.29) is 16.9 Å². The number of thiazole rings is 1. The number of rotatable bonds is 8. The van der Waals surface area contributed by atoms with Crippen LogP contribution in [0.15, 0.2) is 34.0 Å². The van der Waals surface area contributed by atoms with Crippen LogP contribution in [-0.2, 0) is 35.2 Å². The Morgan fingerprint density at radius 2 is 2.15 bits per heavy atom. The third kappa shape index (κ3) is 4.94. The van der Waals surface area contributed by atoms with Gasteiger partial charge in [0.15, 0.2) is 16.9 Å². The van der Waals surface area contributed by atoms with Crippen molar-refractivity contribution in [3.63, 3.8) is 0 Å². The minimum atomic E-state index is -2.23. The van der Waals surface area contributed by atoms with Crippen LogP contribution in [-0.4, -0.2) is 77.9 Å². The highest BCUT2D eigenvalue weighted by atomic mass is 32.2. The molecule has 0 bridgehead atoms. The predicted molar refractivity (Wildman–Crippen MR) is 107 cm³/mol. The molecule has 2 unspecified atom stereocenters. The molecule has 33 heavy (non-hydrogen) atoms. The van der Waals surface area contributed by atoms with E-state index in [9.17, 15) is 37.6 Å². The first-order valence-corrected chi connectivity index (χ1v) is 10.9. The molecule has 0 spiro atoms. The van der Waals surface area contributed by atoms with Crippen LogP contribution in [0.4, 0.5) is 13.9 Å². The summed E-state index contributed by atoms with van der Waals surface area (Å²) in [6, 6.07) is -1.48. The number of nitrogens with one attached hydrogen (secondary N) is 1. The summed E-state index contributed by atoms with van der Waals surface area (Å²) in [6.45, 7) is -0.895. The van der Waals surface area contributed by atoms with Crippen LogP contribution < -0.4 is 11.1 Å². The summed E-state index contributed by atoms with van der Waals surface area (Å²) in [5.74, 6) is -5.76. The van der Waals surface area contributed by atoms with E-state index < -0.39 is 81.8 Å². The van der Waals surface area contributed by atoms with Crippen LogP contribution in [0.5, 0.6) is 0 Å². The zero-order chi connectivity index (χ0) is 24.4. The number of fused-ring (bicyclic) bond motifs is 1. The molecule has 176 valence electrons. The molecule has 2 amide bonds. The molecular formula is C16H13F2N5O8S2. The minimum absolute atomic E-state index is 0.0416. The first kappa shape index (κ1) is 24.1. The second kappa shape index (κ2) is 9.51. The number of carboxylic acid groups (broad SMARTS) is 2. The molecule has 3 heterocycles. The average Bonchev–Trinajstić information content (AvgIpc) is 3.13. The topological polar surface area (TPSA) is 208 Å². The van der Waals surface area contributed by atoms with Gasteiger partial charge in [-0.05, 0) is 11.2 Å².